The second-order valence-corrected chi connectivity index (χ2v) is 4.76. The van der Waals surface area contributed by atoms with Crippen LogP contribution in [0.25, 0.3) is 0 Å². The van der Waals surface area contributed by atoms with E-state index < -0.39 is 0 Å². The van der Waals surface area contributed by atoms with E-state index >= 15 is 0 Å². The molecule has 1 aromatic rings. The SMILES string of the molecule is CCCCCSCc1cccc(C#N)c1F. The standard InChI is InChI=1S/C13H16FNS/c1-2-3-4-8-16-10-12-7-5-6-11(9-15)13(12)14/h5-7H,2-4,8,10H2,1H3. The Kier molecular flexibility index (Phi) is 5.95. The number of unbranched alkanes of at least 4 members (excludes halogenated alkanes) is 2. The fourth-order valence-electron chi connectivity index (χ4n) is 1.41. The zero-order chi connectivity index (χ0) is 11.8. The maximum Gasteiger partial charge on any atom is 0.144 e. The van der Waals surface area contributed by atoms with Crippen molar-refractivity contribution in [3.05, 3.63) is 35.1 Å². The minimum Gasteiger partial charge on any atom is -0.205 e. The molecule has 0 unspecified atom stereocenters. The molecule has 0 saturated carbocycles. The third-order valence-electron chi connectivity index (χ3n) is 2.35. The molecule has 0 fully saturated rings. The molecule has 0 bridgehead atoms. The van der Waals surface area contributed by atoms with Crippen molar-refractivity contribution in [1.82, 2.24) is 0 Å². The summed E-state index contributed by atoms with van der Waals surface area (Å²) in [5.74, 6) is 1.36. The van der Waals surface area contributed by atoms with Gasteiger partial charge in [-0.05, 0) is 23.8 Å². The van der Waals surface area contributed by atoms with Crippen LogP contribution in [0, 0.1) is 17.1 Å². The molecule has 3 heteroatoms. The molecule has 1 nitrogen and oxygen atoms in total. The molecule has 0 atom stereocenters. The third-order valence-corrected chi connectivity index (χ3v) is 3.44. The molecule has 16 heavy (non-hydrogen) atoms. The molecule has 0 aliphatic heterocycles. The molecule has 0 heterocycles. The van der Waals surface area contributed by atoms with Gasteiger partial charge in [0.2, 0.25) is 0 Å². The van der Waals surface area contributed by atoms with Crippen molar-refractivity contribution < 1.29 is 4.39 Å². The van der Waals surface area contributed by atoms with Crippen molar-refractivity contribution in [2.75, 3.05) is 5.75 Å². The van der Waals surface area contributed by atoms with Crippen LogP contribution in [0.15, 0.2) is 18.2 Å². The summed E-state index contributed by atoms with van der Waals surface area (Å²) in [5, 5.41) is 8.69. The average Bonchev–Trinajstić information content (AvgIpc) is 2.31. The number of rotatable bonds is 6. The van der Waals surface area contributed by atoms with E-state index in [0.717, 1.165) is 5.75 Å². The van der Waals surface area contributed by atoms with Gasteiger partial charge < -0.3 is 0 Å². The van der Waals surface area contributed by atoms with E-state index in [4.69, 9.17) is 5.26 Å². The first-order chi connectivity index (χ1) is 7.79. The monoisotopic (exact) mass is 237 g/mol. The fraction of sp³-hybridized carbons (Fsp3) is 0.462. The predicted octanol–water partition coefficient (Wildman–Crippen LogP) is 4.12. The molecular weight excluding hydrogens is 221 g/mol. The topological polar surface area (TPSA) is 23.8 Å². The number of nitriles is 1. The number of halogens is 1. The highest BCUT2D eigenvalue weighted by atomic mass is 32.2. The van der Waals surface area contributed by atoms with Gasteiger partial charge >= 0.3 is 0 Å². The van der Waals surface area contributed by atoms with Crippen molar-refractivity contribution >= 4 is 11.8 Å². The Bertz CT molecular complexity index is 371. The third kappa shape index (κ3) is 3.86. The van der Waals surface area contributed by atoms with Crippen molar-refractivity contribution in [2.24, 2.45) is 0 Å². The summed E-state index contributed by atoms with van der Waals surface area (Å²) in [6.07, 6.45) is 3.62. The fourth-order valence-corrected chi connectivity index (χ4v) is 2.41. The lowest BCUT2D eigenvalue weighted by Gasteiger charge is -2.04. The minimum absolute atomic E-state index is 0.145. The molecule has 1 rings (SSSR count). The van der Waals surface area contributed by atoms with E-state index in [1.54, 1.807) is 23.9 Å². The van der Waals surface area contributed by atoms with E-state index in [0.29, 0.717) is 11.3 Å². The summed E-state index contributed by atoms with van der Waals surface area (Å²) >= 11 is 1.73. The molecule has 0 N–H and O–H groups in total. The molecule has 0 aliphatic carbocycles. The Morgan fingerprint density at radius 1 is 1.38 bits per heavy atom. The molecule has 0 spiro atoms. The highest BCUT2D eigenvalue weighted by Gasteiger charge is 2.06. The molecule has 0 amide bonds. The Labute approximate surface area is 101 Å². The van der Waals surface area contributed by atoms with Crippen LogP contribution in [-0.4, -0.2) is 5.75 Å². The van der Waals surface area contributed by atoms with Crippen LogP contribution in [0.4, 0.5) is 4.39 Å². The van der Waals surface area contributed by atoms with Gasteiger partial charge in [-0.1, -0.05) is 31.9 Å². The number of thioether (sulfide) groups is 1. The molecule has 1 aromatic carbocycles. The van der Waals surface area contributed by atoms with Gasteiger partial charge in [-0.15, -0.1) is 0 Å². The van der Waals surface area contributed by atoms with Gasteiger partial charge in [-0.3, -0.25) is 0 Å². The van der Waals surface area contributed by atoms with E-state index in [1.807, 2.05) is 6.07 Å². The normalized spacial score (nSPS) is 10.1. The lowest BCUT2D eigenvalue weighted by molar-refractivity contribution is 0.613. The zero-order valence-electron chi connectivity index (χ0n) is 9.50. The lowest BCUT2D eigenvalue weighted by Crippen LogP contribution is -1.92. The van der Waals surface area contributed by atoms with E-state index in [9.17, 15) is 4.39 Å². The largest absolute Gasteiger partial charge is 0.205 e. The van der Waals surface area contributed by atoms with Gasteiger partial charge in [0.05, 0.1) is 5.56 Å². The average molecular weight is 237 g/mol. The summed E-state index contributed by atoms with van der Waals surface area (Å²) in [4.78, 5) is 0. The van der Waals surface area contributed by atoms with E-state index in [2.05, 4.69) is 6.92 Å². The lowest BCUT2D eigenvalue weighted by atomic mass is 10.1. The molecular formula is C13H16FNS. The van der Waals surface area contributed by atoms with Crippen LogP contribution in [0.3, 0.4) is 0 Å². The second kappa shape index (κ2) is 7.29. The van der Waals surface area contributed by atoms with Gasteiger partial charge in [0.1, 0.15) is 11.9 Å². The van der Waals surface area contributed by atoms with Crippen LogP contribution in [0.5, 0.6) is 0 Å². The first-order valence-electron chi connectivity index (χ1n) is 5.54. The zero-order valence-corrected chi connectivity index (χ0v) is 10.3. The van der Waals surface area contributed by atoms with E-state index in [1.165, 1.54) is 25.3 Å². The van der Waals surface area contributed by atoms with Crippen LogP contribution in [0.1, 0.15) is 37.3 Å². The number of nitrogens with zero attached hydrogens (tertiary/aromatic N) is 1. The van der Waals surface area contributed by atoms with Crippen LogP contribution in [0.2, 0.25) is 0 Å². The Hall–Kier alpha value is -1.01. The highest BCUT2D eigenvalue weighted by Crippen LogP contribution is 2.19. The molecule has 0 saturated heterocycles. The van der Waals surface area contributed by atoms with Gasteiger partial charge in [0, 0.05) is 5.75 Å². The van der Waals surface area contributed by atoms with Gasteiger partial charge in [-0.25, -0.2) is 4.39 Å². The summed E-state index contributed by atoms with van der Waals surface area (Å²) in [6.45, 7) is 2.17. The number of benzene rings is 1. The molecule has 86 valence electrons. The van der Waals surface area contributed by atoms with Crippen molar-refractivity contribution in [1.29, 1.82) is 5.26 Å². The summed E-state index contributed by atoms with van der Waals surface area (Å²) in [5.41, 5.74) is 0.784. The van der Waals surface area contributed by atoms with Gasteiger partial charge in [0.25, 0.3) is 0 Å². The molecule has 0 radical (unpaired) electrons. The van der Waals surface area contributed by atoms with Crippen molar-refractivity contribution in [3.63, 3.8) is 0 Å². The Morgan fingerprint density at radius 2 is 2.19 bits per heavy atom. The second-order valence-electron chi connectivity index (χ2n) is 3.65. The van der Waals surface area contributed by atoms with Crippen molar-refractivity contribution in [2.45, 2.75) is 31.9 Å². The summed E-state index contributed by atoms with van der Waals surface area (Å²) in [6, 6.07) is 6.87. The quantitative estimate of drug-likeness (QED) is 0.695. The summed E-state index contributed by atoms with van der Waals surface area (Å²) < 4.78 is 13.6. The first kappa shape index (κ1) is 13.1. The maximum atomic E-state index is 13.6. The van der Waals surface area contributed by atoms with Crippen LogP contribution in [-0.2, 0) is 5.75 Å². The van der Waals surface area contributed by atoms with Crippen LogP contribution >= 0.6 is 11.8 Å². The Balaban J connectivity index is 2.45. The number of hydrogen-bond acceptors (Lipinski definition) is 2. The first-order valence-corrected chi connectivity index (χ1v) is 6.70. The number of hydrogen-bond donors (Lipinski definition) is 0. The van der Waals surface area contributed by atoms with Gasteiger partial charge in [0.15, 0.2) is 0 Å². The Morgan fingerprint density at radius 3 is 2.88 bits per heavy atom. The van der Waals surface area contributed by atoms with Crippen molar-refractivity contribution in [3.8, 4) is 6.07 Å². The van der Waals surface area contributed by atoms with Gasteiger partial charge in [-0.2, -0.15) is 17.0 Å². The van der Waals surface area contributed by atoms with E-state index in [-0.39, 0.29) is 11.4 Å². The smallest absolute Gasteiger partial charge is 0.144 e. The highest BCUT2D eigenvalue weighted by molar-refractivity contribution is 7.98. The van der Waals surface area contributed by atoms with Crippen LogP contribution < -0.4 is 0 Å². The maximum absolute atomic E-state index is 13.6. The summed E-state index contributed by atoms with van der Waals surface area (Å²) in [7, 11) is 0. The molecule has 0 aliphatic rings. The molecule has 0 aromatic heterocycles. The predicted molar refractivity (Wildman–Crippen MR) is 66.8 cm³/mol. The minimum atomic E-state index is -0.354.